The minimum absolute atomic E-state index is 0.00603. The molecule has 0 spiro atoms. The van der Waals surface area contributed by atoms with Crippen LogP contribution >= 0.6 is 11.6 Å². The summed E-state index contributed by atoms with van der Waals surface area (Å²) in [7, 11) is -3.73. The summed E-state index contributed by atoms with van der Waals surface area (Å²) in [6.07, 6.45) is -0.342. The van der Waals surface area contributed by atoms with E-state index >= 15 is 0 Å². The molecule has 0 amide bonds. The maximum absolute atomic E-state index is 12.6. The summed E-state index contributed by atoms with van der Waals surface area (Å²) in [5.74, 6) is 0. The van der Waals surface area contributed by atoms with Crippen molar-refractivity contribution in [3.8, 4) is 6.07 Å². The normalized spacial score (nSPS) is 21.7. The van der Waals surface area contributed by atoms with Crippen molar-refractivity contribution in [1.82, 2.24) is 4.31 Å². The molecule has 114 valence electrons. The van der Waals surface area contributed by atoms with Crippen LogP contribution in [0.15, 0.2) is 23.1 Å². The molecule has 0 radical (unpaired) electrons. The number of nitrogens with two attached hydrogens (primary N) is 1. The average molecular weight is 330 g/mol. The first-order chi connectivity index (χ1) is 9.86. The zero-order valence-electron chi connectivity index (χ0n) is 11.5. The molecule has 0 aromatic heterocycles. The van der Waals surface area contributed by atoms with Crippen LogP contribution in [0.1, 0.15) is 12.5 Å². The van der Waals surface area contributed by atoms with E-state index in [1.54, 1.807) is 6.92 Å². The summed E-state index contributed by atoms with van der Waals surface area (Å²) in [5, 5.41) is 8.84. The molecule has 1 fully saturated rings. The van der Waals surface area contributed by atoms with Gasteiger partial charge in [-0.05, 0) is 25.1 Å². The van der Waals surface area contributed by atoms with Gasteiger partial charge in [0.2, 0.25) is 10.0 Å². The molecule has 8 heteroatoms. The lowest BCUT2D eigenvalue weighted by Crippen LogP contribution is -2.51. The number of hydrogen-bond acceptors (Lipinski definition) is 5. The van der Waals surface area contributed by atoms with Gasteiger partial charge >= 0.3 is 0 Å². The number of nitriles is 1. The fraction of sp³-hybridized carbons (Fsp3) is 0.462. The van der Waals surface area contributed by atoms with Gasteiger partial charge in [-0.15, -0.1) is 0 Å². The summed E-state index contributed by atoms with van der Waals surface area (Å²) in [6, 6.07) is 5.79. The smallest absolute Gasteiger partial charge is 0.244 e. The van der Waals surface area contributed by atoms with Gasteiger partial charge in [-0.1, -0.05) is 11.6 Å². The van der Waals surface area contributed by atoms with Gasteiger partial charge in [0.25, 0.3) is 0 Å². The Morgan fingerprint density at radius 1 is 1.57 bits per heavy atom. The van der Waals surface area contributed by atoms with E-state index in [-0.39, 0.29) is 35.2 Å². The maximum atomic E-state index is 12.6. The lowest BCUT2D eigenvalue weighted by Gasteiger charge is -2.34. The van der Waals surface area contributed by atoms with Crippen LogP contribution < -0.4 is 5.73 Å². The van der Waals surface area contributed by atoms with Crippen molar-refractivity contribution in [1.29, 1.82) is 5.26 Å². The highest BCUT2D eigenvalue weighted by molar-refractivity contribution is 7.89. The number of sulfonamides is 1. The van der Waals surface area contributed by atoms with E-state index in [4.69, 9.17) is 27.3 Å². The van der Waals surface area contributed by atoms with Crippen LogP contribution in [0.3, 0.4) is 0 Å². The zero-order chi connectivity index (χ0) is 15.6. The Hall–Kier alpha value is -1.17. The van der Waals surface area contributed by atoms with Crippen LogP contribution in [0.25, 0.3) is 0 Å². The molecule has 1 saturated heterocycles. The second-order valence-electron chi connectivity index (χ2n) is 4.89. The molecule has 1 heterocycles. The number of hydrogen-bond donors (Lipinski definition) is 1. The molecule has 1 aliphatic rings. The number of ether oxygens (including phenoxy) is 1. The van der Waals surface area contributed by atoms with E-state index in [0.29, 0.717) is 12.2 Å². The number of rotatable bonds is 3. The highest BCUT2D eigenvalue weighted by Gasteiger charge is 2.33. The van der Waals surface area contributed by atoms with E-state index in [0.717, 1.165) is 0 Å². The van der Waals surface area contributed by atoms with Crippen molar-refractivity contribution in [2.75, 3.05) is 19.7 Å². The van der Waals surface area contributed by atoms with Gasteiger partial charge < -0.3 is 10.5 Å². The van der Waals surface area contributed by atoms with Crippen LogP contribution in [0.5, 0.6) is 0 Å². The SMILES string of the molecule is CC(N)C1CN(S(=O)(=O)c2ccc(C#N)cc2Cl)CCO1. The summed E-state index contributed by atoms with van der Waals surface area (Å²) in [6.45, 7) is 2.51. The lowest BCUT2D eigenvalue weighted by atomic mass is 10.2. The molecule has 2 N–H and O–H groups in total. The van der Waals surface area contributed by atoms with E-state index in [9.17, 15) is 8.42 Å². The first kappa shape index (κ1) is 16.2. The molecule has 2 unspecified atom stereocenters. The minimum Gasteiger partial charge on any atom is -0.374 e. The van der Waals surface area contributed by atoms with Crippen molar-refractivity contribution in [3.63, 3.8) is 0 Å². The van der Waals surface area contributed by atoms with Crippen molar-refractivity contribution in [3.05, 3.63) is 28.8 Å². The van der Waals surface area contributed by atoms with Crippen LogP contribution in [-0.4, -0.2) is 44.6 Å². The Morgan fingerprint density at radius 3 is 2.86 bits per heavy atom. The van der Waals surface area contributed by atoms with Crippen molar-refractivity contribution < 1.29 is 13.2 Å². The fourth-order valence-electron chi connectivity index (χ4n) is 2.11. The third kappa shape index (κ3) is 3.36. The van der Waals surface area contributed by atoms with E-state index in [1.165, 1.54) is 22.5 Å². The minimum atomic E-state index is -3.73. The molecule has 2 atom stereocenters. The predicted molar refractivity (Wildman–Crippen MR) is 78.3 cm³/mol. The van der Waals surface area contributed by atoms with Crippen LogP contribution in [0.2, 0.25) is 5.02 Å². The number of halogens is 1. The topological polar surface area (TPSA) is 96.4 Å². The summed E-state index contributed by atoms with van der Waals surface area (Å²) < 4.78 is 32.1. The second kappa shape index (κ2) is 6.30. The van der Waals surface area contributed by atoms with Crippen molar-refractivity contribution in [2.45, 2.75) is 24.0 Å². The summed E-state index contributed by atoms with van der Waals surface area (Å²) >= 11 is 6.00. The van der Waals surface area contributed by atoms with Gasteiger partial charge in [-0.25, -0.2) is 8.42 Å². The highest BCUT2D eigenvalue weighted by Crippen LogP contribution is 2.27. The summed E-state index contributed by atoms with van der Waals surface area (Å²) in [4.78, 5) is -0.00603. The molecule has 0 saturated carbocycles. The molecule has 6 nitrogen and oxygen atoms in total. The first-order valence-electron chi connectivity index (χ1n) is 6.43. The van der Waals surface area contributed by atoms with Crippen LogP contribution in [0, 0.1) is 11.3 Å². The molecule has 1 aromatic rings. The predicted octanol–water partition coefficient (Wildman–Crippen LogP) is 0.948. The molecule has 0 aliphatic carbocycles. The first-order valence-corrected chi connectivity index (χ1v) is 8.25. The van der Waals surface area contributed by atoms with Crippen LogP contribution in [-0.2, 0) is 14.8 Å². The third-order valence-corrected chi connectivity index (χ3v) is 5.67. The van der Waals surface area contributed by atoms with Gasteiger partial charge in [0.1, 0.15) is 4.90 Å². The standard InChI is InChI=1S/C13H16ClN3O3S/c1-9(16)12-8-17(4-5-20-12)21(18,19)13-3-2-10(7-15)6-11(13)14/h2-3,6,9,12H,4-5,8,16H2,1H3. The molecular formula is C13H16ClN3O3S. The zero-order valence-corrected chi connectivity index (χ0v) is 13.1. The number of benzene rings is 1. The Morgan fingerprint density at radius 2 is 2.29 bits per heavy atom. The van der Waals surface area contributed by atoms with Gasteiger partial charge in [0.05, 0.1) is 29.4 Å². The molecule has 2 rings (SSSR count). The monoisotopic (exact) mass is 329 g/mol. The van der Waals surface area contributed by atoms with E-state index in [2.05, 4.69) is 0 Å². The molecular weight excluding hydrogens is 314 g/mol. The Bertz CT molecular complexity index is 670. The largest absolute Gasteiger partial charge is 0.374 e. The molecule has 0 bridgehead atoms. The molecule has 21 heavy (non-hydrogen) atoms. The van der Waals surface area contributed by atoms with Gasteiger partial charge in [0.15, 0.2) is 0 Å². The quantitative estimate of drug-likeness (QED) is 0.890. The molecule has 1 aliphatic heterocycles. The second-order valence-corrected chi connectivity index (χ2v) is 7.20. The van der Waals surface area contributed by atoms with Gasteiger partial charge in [0, 0.05) is 19.1 Å². The average Bonchev–Trinajstić information content (AvgIpc) is 2.46. The number of nitrogens with zero attached hydrogens (tertiary/aromatic N) is 2. The van der Waals surface area contributed by atoms with E-state index < -0.39 is 10.0 Å². The Labute approximate surface area is 129 Å². The van der Waals surface area contributed by atoms with Gasteiger partial charge in [-0.3, -0.25) is 0 Å². The lowest BCUT2D eigenvalue weighted by molar-refractivity contribution is -0.0120. The van der Waals surface area contributed by atoms with Crippen LogP contribution in [0.4, 0.5) is 0 Å². The van der Waals surface area contributed by atoms with Gasteiger partial charge in [-0.2, -0.15) is 9.57 Å². The van der Waals surface area contributed by atoms with Crippen molar-refractivity contribution >= 4 is 21.6 Å². The summed E-state index contributed by atoms with van der Waals surface area (Å²) in [5.41, 5.74) is 6.08. The van der Waals surface area contributed by atoms with Crippen molar-refractivity contribution in [2.24, 2.45) is 5.73 Å². The fourth-order valence-corrected chi connectivity index (χ4v) is 4.06. The number of morpholine rings is 1. The highest BCUT2D eigenvalue weighted by atomic mass is 35.5. The maximum Gasteiger partial charge on any atom is 0.244 e. The Balaban J connectivity index is 2.32. The molecule has 1 aromatic carbocycles. The Kier molecular flexibility index (Phi) is 4.86. The van der Waals surface area contributed by atoms with E-state index in [1.807, 2.05) is 6.07 Å². The third-order valence-electron chi connectivity index (χ3n) is 3.32.